The molecule has 2 amide bonds. The van der Waals surface area contributed by atoms with Gasteiger partial charge in [-0.2, -0.15) is 4.39 Å². The van der Waals surface area contributed by atoms with Crippen LogP contribution in [0.2, 0.25) is 0 Å². The third-order valence-corrected chi connectivity index (χ3v) is 4.73. The van der Waals surface area contributed by atoms with Crippen molar-refractivity contribution in [2.75, 3.05) is 19.6 Å². The Morgan fingerprint density at radius 3 is 2.50 bits per heavy atom. The van der Waals surface area contributed by atoms with Gasteiger partial charge in [-0.3, -0.25) is 15.1 Å². The highest BCUT2D eigenvalue weighted by molar-refractivity contribution is 5.91. The standard InChI is InChI=1S/C19H27FN4O4/c1-12-15(11-24(12)18(26)28-19(2,3)4)27-14-8-7-13(21-16(14)20)17(25)22-23-9-5-6-10-23/h7-8,12,15H,5-6,9-11H2,1-4H3,(H,22,25)/t12-,15+/m1/s1. The lowest BCUT2D eigenvalue weighted by atomic mass is 10.0. The number of aromatic nitrogens is 1. The molecule has 0 aromatic carbocycles. The molecule has 154 valence electrons. The number of carbonyl (C=O) groups is 2. The number of hydrogen-bond donors (Lipinski definition) is 1. The molecule has 0 unspecified atom stereocenters. The summed E-state index contributed by atoms with van der Waals surface area (Å²) in [6.45, 7) is 9.06. The number of carbonyl (C=O) groups excluding carboxylic acids is 2. The van der Waals surface area contributed by atoms with E-state index in [2.05, 4.69) is 10.4 Å². The molecule has 0 spiro atoms. The van der Waals surface area contributed by atoms with E-state index in [0.29, 0.717) is 6.54 Å². The molecule has 2 saturated heterocycles. The van der Waals surface area contributed by atoms with Gasteiger partial charge in [0.1, 0.15) is 17.4 Å². The van der Waals surface area contributed by atoms with E-state index in [1.165, 1.54) is 17.0 Å². The second kappa shape index (κ2) is 7.90. The fourth-order valence-corrected chi connectivity index (χ4v) is 3.10. The van der Waals surface area contributed by atoms with Gasteiger partial charge in [-0.25, -0.2) is 14.8 Å². The molecule has 0 aliphatic carbocycles. The number of amides is 2. The average molecular weight is 394 g/mol. The fourth-order valence-electron chi connectivity index (χ4n) is 3.10. The molecule has 8 nitrogen and oxygen atoms in total. The van der Waals surface area contributed by atoms with Gasteiger partial charge in [0.15, 0.2) is 5.75 Å². The summed E-state index contributed by atoms with van der Waals surface area (Å²) in [5.41, 5.74) is 2.13. The van der Waals surface area contributed by atoms with Crippen LogP contribution < -0.4 is 10.2 Å². The van der Waals surface area contributed by atoms with Crippen molar-refractivity contribution in [3.05, 3.63) is 23.8 Å². The molecule has 3 heterocycles. The minimum absolute atomic E-state index is 0.00575. The molecule has 2 atom stereocenters. The van der Waals surface area contributed by atoms with Crippen LogP contribution in [0.5, 0.6) is 5.75 Å². The van der Waals surface area contributed by atoms with Crippen LogP contribution in [-0.4, -0.2) is 64.3 Å². The zero-order valence-corrected chi connectivity index (χ0v) is 16.7. The summed E-state index contributed by atoms with van der Waals surface area (Å²) in [6.07, 6.45) is 1.25. The van der Waals surface area contributed by atoms with Crippen LogP contribution in [0.3, 0.4) is 0 Å². The number of pyridine rings is 1. The summed E-state index contributed by atoms with van der Waals surface area (Å²) in [5, 5.41) is 1.80. The Hall–Kier alpha value is -2.42. The molecule has 28 heavy (non-hydrogen) atoms. The molecule has 1 N–H and O–H groups in total. The van der Waals surface area contributed by atoms with Gasteiger partial charge in [0.05, 0.1) is 12.6 Å². The highest BCUT2D eigenvalue weighted by atomic mass is 19.1. The van der Waals surface area contributed by atoms with Crippen molar-refractivity contribution in [1.82, 2.24) is 20.3 Å². The minimum Gasteiger partial charge on any atom is -0.482 e. The summed E-state index contributed by atoms with van der Waals surface area (Å²) < 4.78 is 25.3. The summed E-state index contributed by atoms with van der Waals surface area (Å²) in [4.78, 5) is 29.5. The maximum atomic E-state index is 14.3. The average Bonchev–Trinajstić information content (AvgIpc) is 3.10. The number of ether oxygens (including phenoxy) is 2. The maximum absolute atomic E-state index is 14.3. The zero-order valence-electron chi connectivity index (χ0n) is 16.7. The summed E-state index contributed by atoms with van der Waals surface area (Å²) in [7, 11) is 0. The number of rotatable bonds is 4. The molecule has 9 heteroatoms. The topological polar surface area (TPSA) is 84.0 Å². The van der Waals surface area contributed by atoms with Crippen molar-refractivity contribution < 1.29 is 23.5 Å². The first-order valence-electron chi connectivity index (χ1n) is 9.53. The fraction of sp³-hybridized carbons (Fsp3) is 0.632. The van der Waals surface area contributed by atoms with Crippen LogP contribution in [0.25, 0.3) is 0 Å². The third-order valence-electron chi connectivity index (χ3n) is 4.73. The molecular weight excluding hydrogens is 367 g/mol. The van der Waals surface area contributed by atoms with Gasteiger partial charge in [0.25, 0.3) is 11.9 Å². The van der Waals surface area contributed by atoms with E-state index in [9.17, 15) is 14.0 Å². The van der Waals surface area contributed by atoms with Crippen molar-refractivity contribution >= 4 is 12.0 Å². The number of halogens is 1. The first-order chi connectivity index (χ1) is 13.1. The number of hydrogen-bond acceptors (Lipinski definition) is 6. The zero-order chi connectivity index (χ0) is 20.5. The van der Waals surface area contributed by atoms with Crippen LogP contribution in [0.4, 0.5) is 9.18 Å². The predicted molar refractivity (Wildman–Crippen MR) is 99.3 cm³/mol. The lowest BCUT2D eigenvalue weighted by molar-refractivity contribution is -0.0547. The minimum atomic E-state index is -0.850. The molecule has 0 bridgehead atoms. The highest BCUT2D eigenvalue weighted by Gasteiger charge is 2.42. The van der Waals surface area contributed by atoms with Gasteiger partial charge >= 0.3 is 6.09 Å². The van der Waals surface area contributed by atoms with E-state index in [1.807, 2.05) is 0 Å². The number of hydrazine groups is 1. The molecular formula is C19H27FN4O4. The van der Waals surface area contributed by atoms with Crippen molar-refractivity contribution in [2.45, 2.75) is 58.3 Å². The Labute approximate surface area is 164 Å². The van der Waals surface area contributed by atoms with E-state index < -0.39 is 23.5 Å². The molecule has 2 aliphatic rings. The molecule has 0 saturated carbocycles. The Kier molecular flexibility index (Phi) is 5.74. The van der Waals surface area contributed by atoms with Gasteiger partial charge in [-0.1, -0.05) is 0 Å². The van der Waals surface area contributed by atoms with Crippen LogP contribution in [0.15, 0.2) is 12.1 Å². The van der Waals surface area contributed by atoms with E-state index in [0.717, 1.165) is 25.9 Å². The smallest absolute Gasteiger partial charge is 0.410 e. The van der Waals surface area contributed by atoms with Gasteiger partial charge in [-0.15, -0.1) is 0 Å². The largest absolute Gasteiger partial charge is 0.482 e. The molecule has 0 radical (unpaired) electrons. The van der Waals surface area contributed by atoms with E-state index in [1.54, 1.807) is 32.7 Å². The number of nitrogens with zero attached hydrogens (tertiary/aromatic N) is 3. The first kappa shape index (κ1) is 20.3. The van der Waals surface area contributed by atoms with E-state index >= 15 is 0 Å². The van der Waals surface area contributed by atoms with Crippen molar-refractivity contribution in [3.63, 3.8) is 0 Å². The Morgan fingerprint density at radius 2 is 1.93 bits per heavy atom. The first-order valence-corrected chi connectivity index (χ1v) is 9.53. The lowest BCUT2D eigenvalue weighted by Gasteiger charge is -2.45. The Bertz CT molecular complexity index is 746. The maximum Gasteiger partial charge on any atom is 0.410 e. The second-order valence-corrected chi connectivity index (χ2v) is 8.15. The van der Waals surface area contributed by atoms with Crippen LogP contribution >= 0.6 is 0 Å². The monoisotopic (exact) mass is 394 g/mol. The third kappa shape index (κ3) is 4.70. The molecule has 1 aromatic rings. The number of nitrogens with one attached hydrogen (secondary N) is 1. The van der Waals surface area contributed by atoms with Crippen molar-refractivity contribution in [3.8, 4) is 5.75 Å². The lowest BCUT2D eigenvalue weighted by Crippen LogP contribution is -2.63. The summed E-state index contributed by atoms with van der Waals surface area (Å²) in [5.74, 6) is -1.34. The summed E-state index contributed by atoms with van der Waals surface area (Å²) >= 11 is 0. The van der Waals surface area contributed by atoms with Crippen LogP contribution in [0.1, 0.15) is 51.0 Å². The summed E-state index contributed by atoms with van der Waals surface area (Å²) in [6, 6.07) is 2.57. The highest BCUT2D eigenvalue weighted by Crippen LogP contribution is 2.27. The molecule has 2 aliphatic heterocycles. The Morgan fingerprint density at radius 1 is 1.25 bits per heavy atom. The van der Waals surface area contributed by atoms with Crippen LogP contribution in [-0.2, 0) is 4.74 Å². The number of likely N-dealkylation sites (tertiary alicyclic amines) is 1. The van der Waals surface area contributed by atoms with E-state index in [4.69, 9.17) is 9.47 Å². The van der Waals surface area contributed by atoms with Crippen molar-refractivity contribution in [1.29, 1.82) is 0 Å². The molecule has 2 fully saturated rings. The van der Waals surface area contributed by atoms with Gasteiger partial charge in [-0.05, 0) is 52.7 Å². The second-order valence-electron chi connectivity index (χ2n) is 8.15. The van der Waals surface area contributed by atoms with Gasteiger partial charge < -0.3 is 9.47 Å². The quantitative estimate of drug-likeness (QED) is 0.790. The van der Waals surface area contributed by atoms with E-state index in [-0.39, 0.29) is 23.6 Å². The predicted octanol–water partition coefficient (Wildman–Crippen LogP) is 2.35. The van der Waals surface area contributed by atoms with Crippen LogP contribution in [0, 0.1) is 5.95 Å². The van der Waals surface area contributed by atoms with Crippen molar-refractivity contribution in [2.24, 2.45) is 0 Å². The molecule has 3 rings (SSSR count). The normalized spacial score (nSPS) is 22.5. The van der Waals surface area contributed by atoms with Gasteiger partial charge in [0, 0.05) is 13.1 Å². The Balaban J connectivity index is 1.55. The SMILES string of the molecule is C[C@@H]1[C@@H](Oc2ccc(C(=O)NN3CCCC3)nc2F)CN1C(=O)OC(C)(C)C. The molecule has 1 aromatic heterocycles. The van der Waals surface area contributed by atoms with Gasteiger partial charge in [0.2, 0.25) is 0 Å².